The molecule has 2 N–H and O–H groups in total. The minimum Gasteiger partial charge on any atom is -0.466 e. The van der Waals surface area contributed by atoms with Crippen LogP contribution in [0.4, 0.5) is 4.79 Å². The number of amides is 3. The summed E-state index contributed by atoms with van der Waals surface area (Å²) in [4.78, 5) is 46.1. The largest absolute Gasteiger partial charge is 0.466 e. The second-order valence-electron chi connectivity index (χ2n) is 10.3. The van der Waals surface area contributed by atoms with Crippen molar-refractivity contribution >= 4 is 40.8 Å². The lowest BCUT2D eigenvalue weighted by molar-refractivity contribution is -0.143. The van der Waals surface area contributed by atoms with Gasteiger partial charge < -0.3 is 25.2 Å². The zero-order valence-corrected chi connectivity index (χ0v) is 25.6. The Bertz CT molecular complexity index is 1100. The van der Waals surface area contributed by atoms with E-state index in [0.29, 0.717) is 61.5 Å². The molecule has 1 atom stereocenters. The zero-order valence-electron chi connectivity index (χ0n) is 24.0. The highest BCUT2D eigenvalue weighted by Gasteiger charge is 2.30. The molecule has 1 fully saturated rings. The molecule has 0 radical (unpaired) electrons. The quantitative estimate of drug-likeness (QED) is 0.194. The number of nitrogens with one attached hydrogen (secondary N) is 2. The first-order valence-electron chi connectivity index (χ1n) is 14.1. The van der Waals surface area contributed by atoms with Crippen LogP contribution in [0.2, 0.25) is 5.15 Å². The van der Waals surface area contributed by atoms with Crippen LogP contribution in [0, 0.1) is 13.8 Å². The number of carbonyl (C=O) groups is 3. The first kappa shape index (κ1) is 31.8. The lowest BCUT2D eigenvalue weighted by Gasteiger charge is -2.40. The van der Waals surface area contributed by atoms with Gasteiger partial charge in [-0.3, -0.25) is 9.59 Å². The molecule has 9 nitrogen and oxygen atoms in total. The van der Waals surface area contributed by atoms with Gasteiger partial charge in [-0.2, -0.15) is 11.3 Å². The van der Waals surface area contributed by atoms with Crippen LogP contribution in [0.3, 0.4) is 0 Å². The Balaban J connectivity index is 1.47. The Morgan fingerprint density at radius 2 is 1.98 bits per heavy atom. The zero-order chi connectivity index (χ0) is 29.1. The van der Waals surface area contributed by atoms with Crippen LogP contribution < -0.4 is 10.6 Å². The third-order valence-corrected chi connectivity index (χ3v) is 8.26. The number of urea groups is 1. The number of aryl methyl sites for hydroxylation is 2. The number of hydrogen-bond donors (Lipinski definition) is 2. The number of ether oxygens (including phenoxy) is 1. The fraction of sp³-hybridized carbons (Fsp3) is 0.586. The van der Waals surface area contributed by atoms with E-state index in [0.717, 1.165) is 43.5 Å². The number of piperidine rings is 1. The molecule has 0 bridgehead atoms. The van der Waals surface area contributed by atoms with Gasteiger partial charge in [0.1, 0.15) is 5.15 Å². The average molecular weight is 592 g/mol. The predicted molar refractivity (Wildman–Crippen MR) is 159 cm³/mol. The van der Waals surface area contributed by atoms with Crippen LogP contribution in [0.25, 0.3) is 0 Å². The molecule has 0 aliphatic carbocycles. The molecule has 40 heavy (non-hydrogen) atoms. The Morgan fingerprint density at radius 3 is 2.62 bits per heavy atom. The lowest BCUT2D eigenvalue weighted by atomic mass is 10.0. The van der Waals surface area contributed by atoms with Crippen molar-refractivity contribution in [3.63, 3.8) is 0 Å². The van der Waals surface area contributed by atoms with E-state index in [1.165, 1.54) is 0 Å². The van der Waals surface area contributed by atoms with Crippen molar-refractivity contribution in [1.29, 1.82) is 0 Å². The molecular formula is C29H42ClN5O4S. The molecule has 1 unspecified atom stereocenters. The summed E-state index contributed by atoms with van der Waals surface area (Å²) < 4.78 is 4.97. The van der Waals surface area contributed by atoms with Crippen molar-refractivity contribution in [2.45, 2.75) is 78.4 Å². The number of thiophene rings is 1. The van der Waals surface area contributed by atoms with Crippen LogP contribution >= 0.6 is 22.9 Å². The summed E-state index contributed by atoms with van der Waals surface area (Å²) in [6.45, 7) is 11.3. The highest BCUT2D eigenvalue weighted by molar-refractivity contribution is 7.07. The maximum atomic E-state index is 13.2. The number of hydrogen-bond acceptors (Lipinski definition) is 7. The van der Waals surface area contributed by atoms with Crippen LogP contribution in [0.5, 0.6) is 0 Å². The number of carbonyl (C=O) groups excluding carboxylic acids is 3. The lowest BCUT2D eigenvalue weighted by Crippen LogP contribution is -2.52. The van der Waals surface area contributed by atoms with Gasteiger partial charge in [-0.1, -0.05) is 11.6 Å². The fourth-order valence-corrected chi connectivity index (χ4v) is 6.09. The van der Waals surface area contributed by atoms with Crippen LogP contribution in [0.1, 0.15) is 73.1 Å². The molecule has 1 aliphatic rings. The van der Waals surface area contributed by atoms with Gasteiger partial charge in [-0.15, -0.1) is 0 Å². The number of rotatable bonds is 13. The number of halogens is 1. The van der Waals surface area contributed by atoms with E-state index in [1.54, 1.807) is 31.3 Å². The minimum absolute atomic E-state index is 0.0912. The number of pyridine rings is 1. The van der Waals surface area contributed by atoms with Crippen molar-refractivity contribution in [2.75, 3.05) is 32.8 Å². The number of likely N-dealkylation sites (tertiary alicyclic amines) is 1. The Kier molecular flexibility index (Phi) is 12.7. The molecule has 3 heterocycles. The monoisotopic (exact) mass is 591 g/mol. The number of esters is 1. The highest BCUT2D eigenvalue weighted by atomic mass is 35.5. The standard InChI is InChI=1S/C29H42ClN5O4S/c1-5-39-26(36)7-6-12-32-29(38)35(18-23-11-16-40-19-23)24-9-14-34(15-10-24)21(3)8-13-31-28(37)27-20(2)17-25(30)33-22(27)4/h11,16-17,19,21,24H,5-10,12-15,18H2,1-4H3,(H,31,37)(H,32,38). The van der Waals surface area contributed by atoms with Crippen molar-refractivity contribution in [2.24, 2.45) is 0 Å². The maximum absolute atomic E-state index is 13.2. The first-order chi connectivity index (χ1) is 19.2. The maximum Gasteiger partial charge on any atom is 0.317 e. The number of aromatic nitrogens is 1. The molecule has 2 aromatic rings. The highest BCUT2D eigenvalue weighted by Crippen LogP contribution is 2.22. The van der Waals surface area contributed by atoms with Crippen molar-refractivity contribution in [3.05, 3.63) is 50.4 Å². The van der Waals surface area contributed by atoms with E-state index in [4.69, 9.17) is 16.3 Å². The molecular weight excluding hydrogens is 550 g/mol. The summed E-state index contributed by atoms with van der Waals surface area (Å²) in [6, 6.07) is 4.11. The van der Waals surface area contributed by atoms with Crippen molar-refractivity contribution in [1.82, 2.24) is 25.4 Å². The van der Waals surface area contributed by atoms with Crippen LogP contribution in [-0.2, 0) is 16.1 Å². The Hall–Kier alpha value is -2.69. The molecule has 1 saturated heterocycles. The third-order valence-electron chi connectivity index (χ3n) is 7.34. The second kappa shape index (κ2) is 15.9. The summed E-state index contributed by atoms with van der Waals surface area (Å²) in [5, 5.41) is 10.5. The van der Waals surface area contributed by atoms with Crippen molar-refractivity contribution in [3.8, 4) is 0 Å². The van der Waals surface area contributed by atoms with Gasteiger partial charge in [-0.05, 0) is 87.4 Å². The van der Waals surface area contributed by atoms with Crippen LogP contribution in [0.15, 0.2) is 22.9 Å². The Morgan fingerprint density at radius 1 is 1.23 bits per heavy atom. The molecule has 3 rings (SSSR count). The Labute approximate surface area is 246 Å². The summed E-state index contributed by atoms with van der Waals surface area (Å²) in [5.74, 6) is -0.359. The van der Waals surface area contributed by atoms with E-state index in [-0.39, 0.29) is 23.9 Å². The average Bonchev–Trinajstić information content (AvgIpc) is 3.43. The molecule has 1 aliphatic heterocycles. The fourth-order valence-electron chi connectivity index (χ4n) is 5.14. The molecule has 0 saturated carbocycles. The van der Waals surface area contributed by atoms with Gasteiger partial charge in [0, 0.05) is 51.2 Å². The van der Waals surface area contributed by atoms with Crippen molar-refractivity contribution < 1.29 is 19.1 Å². The van der Waals surface area contributed by atoms with Gasteiger partial charge in [0.25, 0.3) is 5.91 Å². The van der Waals surface area contributed by atoms with Crippen LogP contribution in [-0.4, -0.2) is 77.6 Å². The SMILES string of the molecule is CCOC(=O)CCCNC(=O)N(Cc1ccsc1)C1CCN(C(C)CCNC(=O)c2c(C)cc(Cl)nc2C)CC1. The van der Waals surface area contributed by atoms with E-state index >= 15 is 0 Å². The molecule has 3 amide bonds. The molecule has 11 heteroatoms. The van der Waals surface area contributed by atoms with E-state index in [2.05, 4.69) is 38.9 Å². The van der Waals surface area contributed by atoms with E-state index < -0.39 is 0 Å². The topological polar surface area (TPSA) is 104 Å². The summed E-state index contributed by atoms with van der Waals surface area (Å²) in [7, 11) is 0. The number of nitrogens with zero attached hydrogens (tertiary/aromatic N) is 3. The minimum atomic E-state index is -0.236. The van der Waals surface area contributed by atoms with Gasteiger partial charge in [0.05, 0.1) is 17.9 Å². The van der Waals surface area contributed by atoms with E-state index in [1.807, 2.05) is 17.2 Å². The molecule has 220 valence electrons. The molecule has 2 aromatic heterocycles. The summed E-state index contributed by atoms with van der Waals surface area (Å²) in [5.41, 5.74) is 3.16. The molecule has 0 spiro atoms. The van der Waals surface area contributed by atoms with Gasteiger partial charge in [0.15, 0.2) is 0 Å². The molecule has 0 aromatic carbocycles. The van der Waals surface area contributed by atoms with E-state index in [9.17, 15) is 14.4 Å². The van der Waals surface area contributed by atoms with Gasteiger partial charge in [-0.25, -0.2) is 9.78 Å². The van der Waals surface area contributed by atoms with Gasteiger partial charge >= 0.3 is 12.0 Å². The second-order valence-corrected chi connectivity index (χ2v) is 11.5. The summed E-state index contributed by atoms with van der Waals surface area (Å²) in [6.07, 6.45) is 3.44. The smallest absolute Gasteiger partial charge is 0.317 e. The first-order valence-corrected chi connectivity index (χ1v) is 15.4. The van der Waals surface area contributed by atoms with Gasteiger partial charge in [0.2, 0.25) is 0 Å². The normalized spacial score (nSPS) is 14.9. The third kappa shape index (κ3) is 9.45. The summed E-state index contributed by atoms with van der Waals surface area (Å²) >= 11 is 7.63. The predicted octanol–water partition coefficient (Wildman–Crippen LogP) is 4.94.